The molecule has 234 valence electrons. The third-order valence-electron chi connectivity index (χ3n) is 7.84. The minimum absolute atomic E-state index is 0.0712. The smallest absolute Gasteiger partial charge is 0.408 e. The highest BCUT2D eigenvalue weighted by Crippen LogP contribution is 2.47. The molecule has 12 nitrogen and oxygen atoms in total. The predicted octanol–water partition coefficient (Wildman–Crippen LogP) is 4.14. The Hall–Kier alpha value is -3.75. The highest BCUT2D eigenvalue weighted by atomic mass is 19.4. The molecule has 1 atom stereocenters. The van der Waals surface area contributed by atoms with Gasteiger partial charge in [-0.25, -0.2) is 19.9 Å². The van der Waals surface area contributed by atoms with E-state index in [1.54, 1.807) is 33.3 Å². The van der Waals surface area contributed by atoms with E-state index in [2.05, 4.69) is 25.3 Å². The van der Waals surface area contributed by atoms with Crippen molar-refractivity contribution in [2.45, 2.75) is 89.8 Å². The number of fused-ring (bicyclic) bond motifs is 1. The summed E-state index contributed by atoms with van der Waals surface area (Å²) in [5.41, 5.74) is -0.870. The summed E-state index contributed by atoms with van der Waals surface area (Å²) < 4.78 is 51.8. The van der Waals surface area contributed by atoms with Gasteiger partial charge in [0, 0.05) is 26.7 Å². The van der Waals surface area contributed by atoms with Crippen molar-refractivity contribution in [1.82, 2.24) is 24.8 Å². The monoisotopic (exact) mass is 605 g/mol. The number of nitrogens with zero attached hydrogens (tertiary/aromatic N) is 7. The van der Waals surface area contributed by atoms with E-state index in [1.165, 1.54) is 4.90 Å². The third-order valence-corrected chi connectivity index (χ3v) is 7.84. The molecule has 0 radical (unpaired) electrons. The Labute approximate surface area is 248 Å². The van der Waals surface area contributed by atoms with Crippen LogP contribution >= 0.6 is 0 Å². The molecule has 2 saturated heterocycles. The summed E-state index contributed by atoms with van der Waals surface area (Å²) in [5, 5.41) is 11.2. The average Bonchev–Trinajstić information content (AvgIpc) is 3.47. The standard InChI is InChI=1S/C28H38F3N9O3/c1-25(2)14-38(15-26(3,4)43-25)24-34-11-16(12-35-24)40-21-19(27(5,6)22(40)41)20(33-7)36-18(37-21)13-42-23(32)39-10-8-9-17(39)28(29,30)31/h11-12,17,32H,8-10,13-15H2,1-7H3,(H,33,36,37)/t17-/m0/s1. The Balaban J connectivity index is 1.42. The van der Waals surface area contributed by atoms with Crippen LogP contribution in [-0.4, -0.2) is 86.9 Å². The highest BCUT2D eigenvalue weighted by molar-refractivity contribution is 6.12. The van der Waals surface area contributed by atoms with Crippen LogP contribution in [0.4, 0.5) is 36.4 Å². The normalized spacial score (nSPS) is 22.5. The van der Waals surface area contributed by atoms with Crippen molar-refractivity contribution < 1.29 is 27.4 Å². The first-order valence-electron chi connectivity index (χ1n) is 14.2. The zero-order valence-corrected chi connectivity index (χ0v) is 25.5. The quantitative estimate of drug-likeness (QED) is 0.379. The Morgan fingerprint density at radius 2 is 1.74 bits per heavy atom. The van der Waals surface area contributed by atoms with Gasteiger partial charge in [0.05, 0.1) is 40.3 Å². The number of morpholine rings is 1. The van der Waals surface area contributed by atoms with Crippen molar-refractivity contribution in [1.29, 1.82) is 5.41 Å². The molecule has 2 N–H and O–H groups in total. The van der Waals surface area contributed by atoms with Gasteiger partial charge in [-0.2, -0.15) is 13.2 Å². The van der Waals surface area contributed by atoms with Crippen molar-refractivity contribution >= 4 is 35.2 Å². The Bertz CT molecular complexity index is 1400. The SMILES string of the molecule is CNc1nc(COC(=N)N2CCC[C@H]2C(F)(F)F)nc2c1C(C)(C)C(=O)N2c1cnc(N2CC(C)(C)OC(C)(C)C2)nc1. The lowest BCUT2D eigenvalue weighted by Crippen LogP contribution is -2.57. The summed E-state index contributed by atoms with van der Waals surface area (Å²) in [6.45, 7) is 12.5. The molecule has 3 aliphatic rings. The van der Waals surface area contributed by atoms with Crippen molar-refractivity contribution in [3.8, 4) is 0 Å². The number of alkyl halides is 3. The number of carbonyl (C=O) groups is 1. The molecule has 0 unspecified atom stereocenters. The molecule has 1 amide bonds. The van der Waals surface area contributed by atoms with Crippen LogP contribution < -0.4 is 15.1 Å². The van der Waals surface area contributed by atoms with Gasteiger partial charge in [-0.3, -0.25) is 15.1 Å². The van der Waals surface area contributed by atoms with Crippen LogP contribution in [0.1, 0.15) is 65.8 Å². The average molecular weight is 606 g/mol. The molecule has 0 aromatic carbocycles. The number of anilines is 4. The van der Waals surface area contributed by atoms with Gasteiger partial charge in [0.15, 0.2) is 12.4 Å². The lowest BCUT2D eigenvalue weighted by Gasteiger charge is -2.47. The Morgan fingerprint density at radius 3 is 2.33 bits per heavy atom. The number of halogens is 3. The van der Waals surface area contributed by atoms with E-state index >= 15 is 0 Å². The zero-order chi connectivity index (χ0) is 31.5. The first-order chi connectivity index (χ1) is 19.9. The summed E-state index contributed by atoms with van der Waals surface area (Å²) in [6.07, 6.45) is -1.11. The number of hydrogen-bond donors (Lipinski definition) is 2. The third kappa shape index (κ3) is 5.78. The van der Waals surface area contributed by atoms with Gasteiger partial charge < -0.3 is 24.6 Å². The van der Waals surface area contributed by atoms with Crippen molar-refractivity contribution in [3.63, 3.8) is 0 Å². The van der Waals surface area contributed by atoms with Crippen molar-refractivity contribution in [3.05, 3.63) is 23.8 Å². The van der Waals surface area contributed by atoms with E-state index in [4.69, 9.17) is 14.9 Å². The maximum atomic E-state index is 13.8. The van der Waals surface area contributed by atoms with E-state index in [0.29, 0.717) is 48.3 Å². The van der Waals surface area contributed by atoms with Gasteiger partial charge >= 0.3 is 6.18 Å². The molecule has 0 saturated carbocycles. The first kappa shape index (κ1) is 30.7. The Morgan fingerprint density at radius 1 is 1.12 bits per heavy atom. The van der Waals surface area contributed by atoms with E-state index in [1.807, 2.05) is 32.6 Å². The molecule has 2 aromatic heterocycles. The molecular weight excluding hydrogens is 567 g/mol. The predicted molar refractivity (Wildman–Crippen MR) is 154 cm³/mol. The lowest BCUT2D eigenvalue weighted by atomic mass is 9.87. The number of ether oxygens (including phenoxy) is 2. The molecule has 43 heavy (non-hydrogen) atoms. The van der Waals surface area contributed by atoms with Gasteiger partial charge in [-0.15, -0.1) is 0 Å². The molecule has 3 aliphatic heterocycles. The number of likely N-dealkylation sites (tertiary alicyclic amines) is 1. The fraction of sp³-hybridized carbons (Fsp3) is 0.643. The lowest BCUT2D eigenvalue weighted by molar-refractivity contribution is -0.169. The van der Waals surface area contributed by atoms with Crippen LogP contribution in [-0.2, 0) is 26.3 Å². The van der Waals surface area contributed by atoms with Crippen LogP contribution in [0.3, 0.4) is 0 Å². The number of amidine groups is 1. The minimum atomic E-state index is -4.46. The van der Waals surface area contributed by atoms with Gasteiger partial charge in [-0.1, -0.05) is 0 Å². The largest absolute Gasteiger partial charge is 0.457 e. The maximum Gasteiger partial charge on any atom is 0.408 e. The van der Waals surface area contributed by atoms with Crippen LogP contribution in [0.2, 0.25) is 0 Å². The zero-order valence-electron chi connectivity index (χ0n) is 25.5. The molecule has 15 heteroatoms. The number of rotatable bonds is 5. The fourth-order valence-electron chi connectivity index (χ4n) is 6.29. The minimum Gasteiger partial charge on any atom is -0.457 e. The molecule has 0 spiro atoms. The summed E-state index contributed by atoms with van der Waals surface area (Å²) in [7, 11) is 1.65. The second-order valence-electron chi connectivity index (χ2n) is 12.9. The molecule has 0 bridgehead atoms. The van der Waals surface area contributed by atoms with Crippen molar-refractivity contribution in [2.75, 3.05) is 41.8 Å². The van der Waals surface area contributed by atoms with E-state index < -0.39 is 34.9 Å². The molecule has 5 rings (SSSR count). The molecule has 2 fully saturated rings. The highest BCUT2D eigenvalue weighted by Gasteiger charge is 2.50. The van der Waals surface area contributed by atoms with E-state index in [9.17, 15) is 18.0 Å². The van der Waals surface area contributed by atoms with Gasteiger partial charge in [0.2, 0.25) is 11.9 Å². The van der Waals surface area contributed by atoms with Crippen LogP contribution in [0.5, 0.6) is 0 Å². The summed E-state index contributed by atoms with van der Waals surface area (Å²) in [6, 6.07) is -2.36. The summed E-state index contributed by atoms with van der Waals surface area (Å²) in [4.78, 5) is 36.4. The number of aromatic nitrogens is 4. The number of nitrogens with one attached hydrogen (secondary N) is 2. The number of carbonyl (C=O) groups excluding carboxylic acids is 1. The van der Waals surface area contributed by atoms with Crippen LogP contribution in [0.25, 0.3) is 0 Å². The second kappa shape index (κ2) is 10.5. The summed E-state index contributed by atoms with van der Waals surface area (Å²) >= 11 is 0. The Kier molecular flexibility index (Phi) is 7.46. The van der Waals surface area contributed by atoms with Gasteiger partial charge in [0.25, 0.3) is 6.02 Å². The fourth-order valence-corrected chi connectivity index (χ4v) is 6.29. The number of hydrogen-bond acceptors (Lipinski definition) is 10. The second-order valence-corrected chi connectivity index (χ2v) is 12.9. The van der Waals surface area contributed by atoms with Gasteiger partial charge in [0.1, 0.15) is 17.7 Å². The summed E-state index contributed by atoms with van der Waals surface area (Å²) in [5.74, 6) is 1.000. The molecular formula is C28H38F3N9O3. The van der Waals surface area contributed by atoms with Crippen LogP contribution in [0, 0.1) is 5.41 Å². The topological polar surface area (TPSA) is 133 Å². The van der Waals surface area contributed by atoms with Gasteiger partial charge in [-0.05, 0) is 54.4 Å². The molecule has 2 aromatic rings. The van der Waals surface area contributed by atoms with E-state index in [-0.39, 0.29) is 31.3 Å². The first-order valence-corrected chi connectivity index (χ1v) is 14.2. The van der Waals surface area contributed by atoms with Crippen LogP contribution in [0.15, 0.2) is 12.4 Å². The van der Waals surface area contributed by atoms with E-state index in [0.717, 1.165) is 4.90 Å². The van der Waals surface area contributed by atoms with Crippen molar-refractivity contribution in [2.24, 2.45) is 0 Å². The maximum absolute atomic E-state index is 13.8. The molecule has 0 aliphatic carbocycles. The number of amides is 1. The molecule has 5 heterocycles.